The standard InChI is InChI=1S/C17H20FN3O4/c1-2-23-10-15-19-17(20-25-15)14-4-3-9-21(14)16(22)11-24-13-7-5-12(18)6-8-13/h5-8,14H,2-4,9-11H2,1H3. The largest absolute Gasteiger partial charge is 0.484 e. The summed E-state index contributed by atoms with van der Waals surface area (Å²) in [5, 5.41) is 3.97. The van der Waals surface area contributed by atoms with Gasteiger partial charge in [-0.15, -0.1) is 0 Å². The van der Waals surface area contributed by atoms with Crippen molar-refractivity contribution in [2.75, 3.05) is 19.8 Å². The number of benzene rings is 1. The van der Waals surface area contributed by atoms with Crippen molar-refractivity contribution < 1.29 is 23.2 Å². The Bertz CT molecular complexity index is 704. The number of nitrogens with zero attached hydrogens (tertiary/aromatic N) is 3. The summed E-state index contributed by atoms with van der Waals surface area (Å²) >= 11 is 0. The maximum absolute atomic E-state index is 12.9. The molecule has 1 aliphatic heterocycles. The van der Waals surface area contributed by atoms with Crippen LogP contribution in [0.2, 0.25) is 0 Å². The Labute approximate surface area is 144 Å². The predicted octanol–water partition coefficient (Wildman–Crippen LogP) is 2.49. The topological polar surface area (TPSA) is 77.7 Å². The fourth-order valence-electron chi connectivity index (χ4n) is 2.74. The number of hydrogen-bond donors (Lipinski definition) is 0. The van der Waals surface area contributed by atoms with Gasteiger partial charge in [0.25, 0.3) is 11.8 Å². The lowest BCUT2D eigenvalue weighted by molar-refractivity contribution is -0.134. The minimum atomic E-state index is -0.349. The highest BCUT2D eigenvalue weighted by atomic mass is 19.1. The molecule has 0 N–H and O–H groups in total. The summed E-state index contributed by atoms with van der Waals surface area (Å²) in [6.45, 7) is 3.21. The Morgan fingerprint density at radius 3 is 2.96 bits per heavy atom. The maximum atomic E-state index is 12.9. The number of aromatic nitrogens is 2. The van der Waals surface area contributed by atoms with Crippen molar-refractivity contribution in [1.29, 1.82) is 0 Å². The molecular formula is C17H20FN3O4. The molecule has 0 spiro atoms. The molecule has 1 amide bonds. The van der Waals surface area contributed by atoms with Crippen molar-refractivity contribution in [2.24, 2.45) is 0 Å². The molecule has 25 heavy (non-hydrogen) atoms. The van der Waals surface area contributed by atoms with Crippen LogP contribution in [-0.4, -0.2) is 40.7 Å². The summed E-state index contributed by atoms with van der Waals surface area (Å²) in [5.41, 5.74) is 0. The lowest BCUT2D eigenvalue weighted by Gasteiger charge is -2.22. The molecule has 1 fully saturated rings. The first-order valence-electron chi connectivity index (χ1n) is 8.25. The zero-order chi connectivity index (χ0) is 17.6. The Morgan fingerprint density at radius 2 is 2.20 bits per heavy atom. The van der Waals surface area contributed by atoms with Crippen LogP contribution in [0.15, 0.2) is 28.8 Å². The highest BCUT2D eigenvalue weighted by Gasteiger charge is 2.33. The van der Waals surface area contributed by atoms with Gasteiger partial charge in [0.1, 0.15) is 18.2 Å². The van der Waals surface area contributed by atoms with E-state index in [-0.39, 0.29) is 31.0 Å². The van der Waals surface area contributed by atoms with E-state index in [1.54, 1.807) is 4.90 Å². The molecule has 1 saturated heterocycles. The Hall–Kier alpha value is -2.48. The molecule has 2 heterocycles. The van der Waals surface area contributed by atoms with Crippen molar-refractivity contribution >= 4 is 5.91 Å². The van der Waals surface area contributed by atoms with Crippen molar-refractivity contribution in [1.82, 2.24) is 15.0 Å². The number of carbonyl (C=O) groups excluding carboxylic acids is 1. The van der Waals surface area contributed by atoms with Crippen molar-refractivity contribution in [3.63, 3.8) is 0 Å². The van der Waals surface area contributed by atoms with Crippen LogP contribution in [0.3, 0.4) is 0 Å². The second kappa shape index (κ2) is 8.06. The van der Waals surface area contributed by atoms with Gasteiger partial charge in [0, 0.05) is 13.2 Å². The fourth-order valence-corrected chi connectivity index (χ4v) is 2.74. The monoisotopic (exact) mass is 349 g/mol. The third-order valence-electron chi connectivity index (χ3n) is 3.96. The zero-order valence-electron chi connectivity index (χ0n) is 14.0. The van der Waals surface area contributed by atoms with Crippen LogP contribution in [0, 0.1) is 5.82 Å². The van der Waals surface area contributed by atoms with E-state index in [1.165, 1.54) is 24.3 Å². The first-order chi connectivity index (χ1) is 12.2. The summed E-state index contributed by atoms with van der Waals surface area (Å²) < 4.78 is 28.7. The van der Waals surface area contributed by atoms with E-state index in [1.807, 2.05) is 6.92 Å². The average molecular weight is 349 g/mol. The van der Waals surface area contributed by atoms with Crippen molar-refractivity contribution in [3.05, 3.63) is 41.8 Å². The fraction of sp³-hybridized carbons (Fsp3) is 0.471. The second-order valence-electron chi connectivity index (χ2n) is 5.67. The number of rotatable bonds is 7. The molecule has 0 bridgehead atoms. The molecular weight excluding hydrogens is 329 g/mol. The highest BCUT2D eigenvalue weighted by molar-refractivity contribution is 5.78. The Balaban J connectivity index is 1.59. The van der Waals surface area contributed by atoms with Crippen LogP contribution in [-0.2, 0) is 16.1 Å². The minimum Gasteiger partial charge on any atom is -0.484 e. The lowest BCUT2D eigenvalue weighted by Crippen LogP contribution is -2.34. The van der Waals surface area contributed by atoms with Crippen molar-refractivity contribution in [3.8, 4) is 5.75 Å². The van der Waals surface area contributed by atoms with Crippen LogP contribution < -0.4 is 4.74 Å². The van der Waals surface area contributed by atoms with Gasteiger partial charge in [-0.1, -0.05) is 5.16 Å². The van der Waals surface area contributed by atoms with Gasteiger partial charge >= 0.3 is 0 Å². The van der Waals surface area contributed by atoms with Crippen LogP contribution in [0.25, 0.3) is 0 Å². The SMILES string of the molecule is CCOCc1nc(C2CCCN2C(=O)COc2ccc(F)cc2)no1. The molecule has 8 heteroatoms. The van der Waals surface area contributed by atoms with E-state index in [0.29, 0.717) is 30.6 Å². The smallest absolute Gasteiger partial charge is 0.261 e. The van der Waals surface area contributed by atoms with E-state index in [2.05, 4.69) is 10.1 Å². The lowest BCUT2D eigenvalue weighted by atomic mass is 10.2. The van der Waals surface area contributed by atoms with Gasteiger partial charge in [-0.25, -0.2) is 4.39 Å². The van der Waals surface area contributed by atoms with Gasteiger partial charge in [0.15, 0.2) is 12.4 Å². The summed E-state index contributed by atoms with van der Waals surface area (Å²) in [7, 11) is 0. The third-order valence-corrected chi connectivity index (χ3v) is 3.96. The summed E-state index contributed by atoms with van der Waals surface area (Å²) in [4.78, 5) is 18.5. The van der Waals surface area contributed by atoms with Gasteiger partial charge in [-0.3, -0.25) is 4.79 Å². The summed E-state index contributed by atoms with van der Waals surface area (Å²) in [6.07, 6.45) is 1.64. The highest BCUT2D eigenvalue weighted by Crippen LogP contribution is 2.30. The van der Waals surface area contributed by atoms with Crippen LogP contribution in [0.4, 0.5) is 4.39 Å². The summed E-state index contributed by atoms with van der Waals surface area (Å²) in [5.74, 6) is 0.825. The number of halogens is 1. The summed E-state index contributed by atoms with van der Waals surface area (Å²) in [6, 6.07) is 5.34. The molecule has 0 aliphatic carbocycles. The number of likely N-dealkylation sites (tertiary alicyclic amines) is 1. The Kier molecular flexibility index (Phi) is 5.60. The molecule has 1 aromatic carbocycles. The van der Waals surface area contributed by atoms with Gasteiger partial charge in [0.2, 0.25) is 0 Å². The first kappa shape index (κ1) is 17.3. The molecule has 3 rings (SSSR count). The van der Waals surface area contributed by atoms with E-state index < -0.39 is 0 Å². The van der Waals surface area contributed by atoms with Crippen LogP contribution >= 0.6 is 0 Å². The van der Waals surface area contributed by atoms with Gasteiger partial charge in [0.05, 0.1) is 6.04 Å². The second-order valence-corrected chi connectivity index (χ2v) is 5.67. The molecule has 1 aliphatic rings. The molecule has 134 valence electrons. The first-order valence-corrected chi connectivity index (χ1v) is 8.25. The van der Waals surface area contributed by atoms with Crippen LogP contribution in [0.1, 0.15) is 37.5 Å². The van der Waals surface area contributed by atoms with E-state index in [9.17, 15) is 9.18 Å². The number of ether oxygens (including phenoxy) is 2. The van der Waals surface area contributed by atoms with Gasteiger partial charge in [-0.05, 0) is 44.0 Å². The molecule has 1 aromatic heterocycles. The average Bonchev–Trinajstić information content (AvgIpc) is 3.28. The molecule has 7 nitrogen and oxygen atoms in total. The number of hydrogen-bond acceptors (Lipinski definition) is 6. The minimum absolute atomic E-state index is 0.119. The normalized spacial score (nSPS) is 17.0. The quantitative estimate of drug-likeness (QED) is 0.764. The van der Waals surface area contributed by atoms with E-state index in [0.717, 1.165) is 12.8 Å². The third kappa shape index (κ3) is 4.33. The molecule has 2 aromatic rings. The van der Waals surface area contributed by atoms with Gasteiger partial charge < -0.3 is 18.9 Å². The predicted molar refractivity (Wildman–Crippen MR) is 85.2 cm³/mol. The van der Waals surface area contributed by atoms with E-state index >= 15 is 0 Å². The molecule has 1 atom stereocenters. The Morgan fingerprint density at radius 1 is 1.40 bits per heavy atom. The zero-order valence-corrected chi connectivity index (χ0v) is 14.0. The maximum Gasteiger partial charge on any atom is 0.261 e. The van der Waals surface area contributed by atoms with E-state index in [4.69, 9.17) is 14.0 Å². The molecule has 0 radical (unpaired) electrons. The number of carbonyl (C=O) groups is 1. The number of amides is 1. The van der Waals surface area contributed by atoms with Crippen molar-refractivity contribution in [2.45, 2.75) is 32.4 Å². The van der Waals surface area contributed by atoms with Crippen LogP contribution in [0.5, 0.6) is 5.75 Å². The van der Waals surface area contributed by atoms with Gasteiger partial charge in [-0.2, -0.15) is 4.98 Å². The molecule has 1 unspecified atom stereocenters. The molecule has 0 saturated carbocycles.